The van der Waals surface area contributed by atoms with Crippen molar-refractivity contribution in [3.63, 3.8) is 0 Å². The van der Waals surface area contributed by atoms with Crippen molar-refractivity contribution in [2.45, 2.75) is 26.8 Å². The Hall–Kier alpha value is -1.49. The Morgan fingerprint density at radius 1 is 1.32 bits per heavy atom. The third kappa shape index (κ3) is 2.92. The number of nitrogen functional groups attached to an aromatic ring is 1. The van der Waals surface area contributed by atoms with E-state index in [0.29, 0.717) is 11.4 Å². The lowest BCUT2D eigenvalue weighted by Gasteiger charge is -2.34. The van der Waals surface area contributed by atoms with E-state index in [1.807, 2.05) is 15.7 Å². The van der Waals surface area contributed by atoms with E-state index in [2.05, 4.69) is 25.7 Å². The van der Waals surface area contributed by atoms with Crippen LogP contribution in [0.2, 0.25) is 0 Å². The van der Waals surface area contributed by atoms with Crippen molar-refractivity contribution < 1.29 is 4.79 Å². The number of carbonyl (C=O) groups excluding carboxylic acids is 1. The number of hydrogen-bond acceptors (Lipinski definition) is 3. The minimum atomic E-state index is 0.0983. The van der Waals surface area contributed by atoms with Gasteiger partial charge in [-0.1, -0.05) is 6.92 Å². The third-order valence-electron chi connectivity index (χ3n) is 3.75. The van der Waals surface area contributed by atoms with Gasteiger partial charge in [-0.05, 0) is 26.5 Å². The van der Waals surface area contributed by atoms with Crippen molar-refractivity contribution in [3.05, 3.63) is 18.0 Å². The smallest absolute Gasteiger partial charge is 0.270 e. The average Bonchev–Trinajstić information content (AvgIpc) is 2.80. The largest absolute Gasteiger partial charge is 0.397 e. The number of anilines is 1. The zero-order valence-corrected chi connectivity index (χ0v) is 12.1. The van der Waals surface area contributed by atoms with Crippen LogP contribution >= 0.6 is 0 Å². The Balaban J connectivity index is 2.12. The van der Waals surface area contributed by atoms with E-state index in [1.54, 1.807) is 6.07 Å². The highest BCUT2D eigenvalue weighted by Crippen LogP contribution is 2.19. The molecule has 1 aliphatic heterocycles. The molecule has 19 heavy (non-hydrogen) atoms. The summed E-state index contributed by atoms with van der Waals surface area (Å²) in [6.45, 7) is 10.8. The lowest BCUT2D eigenvalue weighted by atomic mass is 10.2. The molecule has 1 saturated heterocycles. The lowest BCUT2D eigenvalue weighted by Crippen LogP contribution is -2.48. The van der Waals surface area contributed by atoms with E-state index in [0.717, 1.165) is 32.7 Å². The number of carbonyl (C=O) groups is 1. The lowest BCUT2D eigenvalue weighted by molar-refractivity contribution is 0.0631. The van der Waals surface area contributed by atoms with Gasteiger partial charge >= 0.3 is 0 Å². The van der Waals surface area contributed by atoms with Crippen LogP contribution in [0.4, 0.5) is 5.69 Å². The van der Waals surface area contributed by atoms with Crippen molar-refractivity contribution in [1.82, 2.24) is 14.4 Å². The molecule has 2 rings (SSSR count). The van der Waals surface area contributed by atoms with Gasteiger partial charge in [0, 0.05) is 38.4 Å². The van der Waals surface area contributed by atoms with Crippen LogP contribution in [0.3, 0.4) is 0 Å². The van der Waals surface area contributed by atoms with E-state index in [1.165, 1.54) is 0 Å². The molecular weight excluding hydrogens is 240 g/mol. The van der Waals surface area contributed by atoms with Crippen LogP contribution in [-0.2, 0) is 0 Å². The molecule has 106 valence electrons. The number of rotatable bonds is 3. The van der Waals surface area contributed by atoms with Crippen LogP contribution in [0, 0.1) is 0 Å². The molecule has 1 aliphatic rings. The first-order valence-electron chi connectivity index (χ1n) is 7.02. The number of amides is 1. The molecule has 2 N–H and O–H groups in total. The molecule has 1 aromatic rings. The van der Waals surface area contributed by atoms with Crippen LogP contribution in [0.25, 0.3) is 0 Å². The second kappa shape index (κ2) is 5.65. The quantitative estimate of drug-likeness (QED) is 0.898. The van der Waals surface area contributed by atoms with Gasteiger partial charge in [0.25, 0.3) is 5.91 Å². The molecule has 5 nitrogen and oxygen atoms in total. The molecule has 2 heterocycles. The average molecular weight is 264 g/mol. The predicted octanol–water partition coefficient (Wildman–Crippen LogP) is 1.43. The van der Waals surface area contributed by atoms with E-state index >= 15 is 0 Å². The maximum Gasteiger partial charge on any atom is 0.270 e. The fourth-order valence-electron chi connectivity index (χ4n) is 2.53. The molecule has 0 unspecified atom stereocenters. The van der Waals surface area contributed by atoms with E-state index in [4.69, 9.17) is 5.73 Å². The second-order valence-electron chi connectivity index (χ2n) is 5.39. The van der Waals surface area contributed by atoms with Crippen LogP contribution in [0.5, 0.6) is 0 Å². The molecule has 1 aromatic heterocycles. The number of nitrogens with zero attached hydrogens (tertiary/aromatic N) is 3. The Morgan fingerprint density at radius 3 is 2.47 bits per heavy atom. The number of piperazine rings is 1. The maximum atomic E-state index is 12.6. The van der Waals surface area contributed by atoms with Crippen molar-refractivity contribution in [1.29, 1.82) is 0 Å². The zero-order chi connectivity index (χ0) is 14.0. The van der Waals surface area contributed by atoms with Gasteiger partial charge in [0.15, 0.2) is 0 Å². The topological polar surface area (TPSA) is 54.5 Å². The molecule has 1 fully saturated rings. The van der Waals surface area contributed by atoms with E-state index in [-0.39, 0.29) is 11.9 Å². The van der Waals surface area contributed by atoms with Gasteiger partial charge in [-0.15, -0.1) is 0 Å². The van der Waals surface area contributed by atoms with Crippen molar-refractivity contribution >= 4 is 11.6 Å². The van der Waals surface area contributed by atoms with Crippen LogP contribution < -0.4 is 5.73 Å². The zero-order valence-electron chi connectivity index (χ0n) is 12.1. The van der Waals surface area contributed by atoms with Gasteiger partial charge in [0.2, 0.25) is 0 Å². The summed E-state index contributed by atoms with van der Waals surface area (Å²) >= 11 is 0. The van der Waals surface area contributed by atoms with Crippen molar-refractivity contribution in [2.75, 3.05) is 38.5 Å². The van der Waals surface area contributed by atoms with Gasteiger partial charge in [-0.3, -0.25) is 4.79 Å². The summed E-state index contributed by atoms with van der Waals surface area (Å²) in [6, 6.07) is 2.03. The molecular formula is C14H24N4O. The van der Waals surface area contributed by atoms with Gasteiger partial charge < -0.3 is 20.1 Å². The van der Waals surface area contributed by atoms with Crippen LogP contribution in [0.1, 0.15) is 37.3 Å². The Labute approximate surface area is 115 Å². The summed E-state index contributed by atoms with van der Waals surface area (Å²) in [7, 11) is 0. The minimum absolute atomic E-state index is 0.0983. The molecule has 0 radical (unpaired) electrons. The fourth-order valence-corrected chi connectivity index (χ4v) is 2.53. The van der Waals surface area contributed by atoms with Crippen LogP contribution in [0.15, 0.2) is 12.3 Å². The summed E-state index contributed by atoms with van der Waals surface area (Å²) in [6.07, 6.45) is 1.85. The molecule has 0 aliphatic carbocycles. The summed E-state index contributed by atoms with van der Waals surface area (Å²) in [5, 5.41) is 0. The number of likely N-dealkylation sites (N-methyl/N-ethyl adjacent to an activating group) is 1. The number of hydrogen-bond donors (Lipinski definition) is 1. The molecule has 0 spiro atoms. The van der Waals surface area contributed by atoms with Gasteiger partial charge in [0.05, 0.1) is 5.69 Å². The first-order valence-corrected chi connectivity index (χ1v) is 7.02. The monoisotopic (exact) mass is 264 g/mol. The molecule has 0 saturated carbocycles. The third-order valence-corrected chi connectivity index (χ3v) is 3.75. The summed E-state index contributed by atoms with van der Waals surface area (Å²) in [4.78, 5) is 16.9. The predicted molar refractivity (Wildman–Crippen MR) is 77.2 cm³/mol. The Bertz CT molecular complexity index is 444. The fraction of sp³-hybridized carbons (Fsp3) is 0.643. The van der Waals surface area contributed by atoms with Crippen molar-refractivity contribution in [3.8, 4) is 0 Å². The molecule has 0 aromatic carbocycles. The highest BCUT2D eigenvalue weighted by molar-refractivity contribution is 5.94. The Kier molecular flexibility index (Phi) is 4.14. The molecule has 0 atom stereocenters. The minimum Gasteiger partial charge on any atom is -0.397 e. The van der Waals surface area contributed by atoms with Crippen LogP contribution in [-0.4, -0.2) is 53.0 Å². The first kappa shape index (κ1) is 13.9. The molecule has 1 amide bonds. The highest BCUT2D eigenvalue weighted by Gasteiger charge is 2.24. The molecule has 0 bridgehead atoms. The summed E-state index contributed by atoms with van der Waals surface area (Å²) in [5.74, 6) is 0.0983. The van der Waals surface area contributed by atoms with Gasteiger partial charge in [-0.25, -0.2) is 0 Å². The highest BCUT2D eigenvalue weighted by atomic mass is 16.2. The summed E-state index contributed by atoms with van der Waals surface area (Å²) in [5.41, 5.74) is 7.19. The summed E-state index contributed by atoms with van der Waals surface area (Å²) < 4.78 is 1.96. The number of aromatic nitrogens is 1. The van der Waals surface area contributed by atoms with E-state index < -0.39 is 0 Å². The first-order chi connectivity index (χ1) is 9.02. The number of nitrogens with two attached hydrogens (primary N) is 1. The van der Waals surface area contributed by atoms with E-state index in [9.17, 15) is 4.79 Å². The maximum absolute atomic E-state index is 12.6. The SMILES string of the molecule is CCN1CCN(C(=O)c2cc(N)cn2C(C)C)CC1. The van der Waals surface area contributed by atoms with Crippen molar-refractivity contribution in [2.24, 2.45) is 0 Å². The normalized spacial score (nSPS) is 17.2. The molecule has 5 heteroatoms. The second-order valence-corrected chi connectivity index (χ2v) is 5.39. The Morgan fingerprint density at radius 2 is 1.95 bits per heavy atom. The van der Waals surface area contributed by atoms with Gasteiger partial charge in [-0.2, -0.15) is 0 Å². The van der Waals surface area contributed by atoms with Gasteiger partial charge in [0.1, 0.15) is 5.69 Å². The standard InChI is InChI=1S/C14H24N4O/c1-4-16-5-7-17(8-6-16)14(19)13-9-12(15)10-18(13)11(2)3/h9-11H,4-8,15H2,1-3H3.